The van der Waals surface area contributed by atoms with Crippen LogP contribution in [-0.4, -0.2) is 37.5 Å². The van der Waals surface area contributed by atoms with Crippen LogP contribution in [0, 0.1) is 0 Å². The first kappa shape index (κ1) is 17.4. The van der Waals surface area contributed by atoms with Crippen LogP contribution in [0.15, 0.2) is 18.2 Å². The molecule has 0 unspecified atom stereocenters. The van der Waals surface area contributed by atoms with Gasteiger partial charge in [-0.3, -0.25) is 4.90 Å². The molecular formula is C14H16ClF5N2. The predicted octanol–water partition coefficient (Wildman–Crippen LogP) is 3.96. The lowest BCUT2D eigenvalue weighted by Gasteiger charge is -2.35. The van der Waals surface area contributed by atoms with Gasteiger partial charge < -0.3 is 5.32 Å². The lowest BCUT2D eigenvalue weighted by molar-refractivity contribution is -0.137. The van der Waals surface area contributed by atoms with Crippen LogP contribution in [-0.2, 0) is 6.18 Å². The highest BCUT2D eigenvalue weighted by Crippen LogP contribution is 2.40. The van der Waals surface area contributed by atoms with E-state index in [2.05, 4.69) is 5.32 Å². The minimum absolute atomic E-state index is 0.110. The van der Waals surface area contributed by atoms with Crippen molar-refractivity contribution in [2.75, 3.05) is 26.2 Å². The van der Waals surface area contributed by atoms with Gasteiger partial charge in [-0.1, -0.05) is 23.7 Å². The van der Waals surface area contributed by atoms with E-state index in [0.29, 0.717) is 26.2 Å². The molecule has 1 atom stereocenters. The van der Waals surface area contributed by atoms with E-state index < -0.39 is 35.7 Å². The van der Waals surface area contributed by atoms with E-state index in [1.54, 1.807) is 4.90 Å². The zero-order valence-electron chi connectivity index (χ0n) is 11.6. The maximum absolute atomic E-state index is 12.9. The van der Waals surface area contributed by atoms with Crippen molar-refractivity contribution < 1.29 is 22.0 Å². The second-order valence-corrected chi connectivity index (χ2v) is 5.51. The first-order valence-electron chi connectivity index (χ1n) is 6.89. The summed E-state index contributed by atoms with van der Waals surface area (Å²) in [5, 5.41) is 2.60. The number of rotatable bonds is 4. The van der Waals surface area contributed by atoms with Gasteiger partial charge in [0, 0.05) is 38.6 Å². The van der Waals surface area contributed by atoms with E-state index >= 15 is 0 Å². The van der Waals surface area contributed by atoms with Gasteiger partial charge in [-0.2, -0.15) is 13.2 Å². The van der Waals surface area contributed by atoms with Gasteiger partial charge in [0.2, 0.25) is 6.43 Å². The van der Waals surface area contributed by atoms with Crippen LogP contribution in [0.2, 0.25) is 5.02 Å². The standard InChI is InChI=1S/C14H16ClF5N2/c15-13-9(2-1-3-10(13)14(18,19)20)11(8-12(16)17)22-6-4-21-5-7-22/h1-3,11-12,21H,4-8H2/t11-/m0/s1. The summed E-state index contributed by atoms with van der Waals surface area (Å²) in [6.45, 7) is 2.19. The van der Waals surface area contributed by atoms with Gasteiger partial charge in [0.15, 0.2) is 0 Å². The molecule has 2 nitrogen and oxygen atoms in total. The molecule has 0 spiro atoms. The Morgan fingerprint density at radius 3 is 2.36 bits per heavy atom. The summed E-state index contributed by atoms with van der Waals surface area (Å²) in [7, 11) is 0. The van der Waals surface area contributed by atoms with Gasteiger partial charge in [-0.25, -0.2) is 8.78 Å². The van der Waals surface area contributed by atoms with Crippen LogP contribution >= 0.6 is 11.6 Å². The van der Waals surface area contributed by atoms with E-state index in [4.69, 9.17) is 11.6 Å². The average molecular weight is 343 g/mol. The molecule has 8 heteroatoms. The molecule has 0 amide bonds. The highest BCUT2D eigenvalue weighted by atomic mass is 35.5. The Morgan fingerprint density at radius 2 is 1.82 bits per heavy atom. The molecule has 22 heavy (non-hydrogen) atoms. The summed E-state index contributed by atoms with van der Waals surface area (Å²) < 4.78 is 64.6. The Labute approximate surface area is 130 Å². The van der Waals surface area contributed by atoms with Crippen LogP contribution in [0.1, 0.15) is 23.6 Å². The van der Waals surface area contributed by atoms with E-state index in [0.717, 1.165) is 6.07 Å². The van der Waals surface area contributed by atoms with E-state index in [1.165, 1.54) is 12.1 Å². The fourth-order valence-corrected chi connectivity index (χ4v) is 3.02. The summed E-state index contributed by atoms with van der Waals surface area (Å²) >= 11 is 5.88. The topological polar surface area (TPSA) is 15.3 Å². The normalized spacial score (nSPS) is 18.7. The van der Waals surface area contributed by atoms with Crippen molar-refractivity contribution in [3.8, 4) is 0 Å². The summed E-state index contributed by atoms with van der Waals surface area (Å²) in [4.78, 5) is 1.75. The van der Waals surface area contributed by atoms with Crippen LogP contribution in [0.3, 0.4) is 0 Å². The minimum Gasteiger partial charge on any atom is -0.314 e. The van der Waals surface area contributed by atoms with E-state index in [1.807, 2.05) is 0 Å². The molecule has 1 N–H and O–H groups in total. The van der Waals surface area contributed by atoms with Crippen LogP contribution in [0.25, 0.3) is 0 Å². The van der Waals surface area contributed by atoms with Gasteiger partial charge in [-0.05, 0) is 11.6 Å². The van der Waals surface area contributed by atoms with Crippen LogP contribution in [0.4, 0.5) is 22.0 Å². The molecule has 1 aromatic carbocycles. The lowest BCUT2D eigenvalue weighted by Crippen LogP contribution is -2.45. The molecule has 1 aromatic rings. The molecule has 1 saturated heterocycles. The highest BCUT2D eigenvalue weighted by molar-refractivity contribution is 6.32. The Hall–Kier alpha value is -0.920. The fraction of sp³-hybridized carbons (Fsp3) is 0.571. The number of piperazine rings is 1. The largest absolute Gasteiger partial charge is 0.417 e. The second kappa shape index (κ2) is 7.10. The van der Waals surface area contributed by atoms with Crippen LogP contribution in [0.5, 0.6) is 0 Å². The second-order valence-electron chi connectivity index (χ2n) is 5.14. The predicted molar refractivity (Wildman–Crippen MR) is 74.3 cm³/mol. The molecule has 1 aliphatic heterocycles. The first-order valence-corrected chi connectivity index (χ1v) is 7.27. The maximum atomic E-state index is 12.9. The number of halogens is 6. The Balaban J connectivity index is 2.38. The lowest BCUT2D eigenvalue weighted by atomic mass is 9.98. The molecule has 1 fully saturated rings. The molecular weight excluding hydrogens is 327 g/mol. The van der Waals surface area contributed by atoms with Gasteiger partial charge in [0.1, 0.15) is 0 Å². The summed E-state index contributed by atoms with van der Waals surface area (Å²) in [5.41, 5.74) is -0.875. The van der Waals surface area contributed by atoms with Gasteiger partial charge in [0.05, 0.1) is 10.6 Å². The third-order valence-corrected chi connectivity index (χ3v) is 4.11. The molecule has 1 heterocycles. The van der Waals surface area contributed by atoms with Crippen molar-refractivity contribution in [3.05, 3.63) is 34.3 Å². The monoisotopic (exact) mass is 342 g/mol. The SMILES string of the molecule is FC(F)C[C@@H](c1cccc(C(F)(F)F)c1Cl)N1CCNCC1. The van der Waals surface area contributed by atoms with Gasteiger partial charge >= 0.3 is 6.18 Å². The van der Waals surface area contributed by atoms with Crippen molar-refractivity contribution in [1.29, 1.82) is 0 Å². The number of hydrogen-bond acceptors (Lipinski definition) is 2. The third kappa shape index (κ3) is 4.08. The quantitative estimate of drug-likeness (QED) is 0.833. The number of nitrogens with one attached hydrogen (secondary N) is 1. The molecule has 0 bridgehead atoms. The zero-order valence-corrected chi connectivity index (χ0v) is 12.4. The van der Waals surface area contributed by atoms with Gasteiger partial charge in [-0.15, -0.1) is 0 Å². The van der Waals surface area contributed by atoms with Gasteiger partial charge in [0.25, 0.3) is 0 Å². The Kier molecular flexibility index (Phi) is 5.63. The van der Waals surface area contributed by atoms with Crippen LogP contribution < -0.4 is 5.32 Å². The Bertz CT molecular complexity index is 500. The fourth-order valence-electron chi connectivity index (χ4n) is 2.66. The Morgan fingerprint density at radius 1 is 1.18 bits per heavy atom. The number of alkyl halides is 5. The first-order chi connectivity index (χ1) is 10.3. The van der Waals surface area contributed by atoms with E-state index in [-0.39, 0.29) is 5.56 Å². The number of nitrogens with zero attached hydrogens (tertiary/aromatic N) is 1. The molecule has 0 saturated carbocycles. The average Bonchev–Trinajstić information content (AvgIpc) is 2.45. The van der Waals surface area contributed by atoms with Crippen molar-refractivity contribution in [3.63, 3.8) is 0 Å². The molecule has 0 aromatic heterocycles. The highest BCUT2D eigenvalue weighted by Gasteiger charge is 2.36. The van der Waals surface area contributed by atoms with Crippen molar-refractivity contribution in [1.82, 2.24) is 10.2 Å². The molecule has 2 rings (SSSR count). The zero-order chi connectivity index (χ0) is 16.3. The molecule has 1 aliphatic rings. The van der Waals surface area contributed by atoms with Crippen molar-refractivity contribution >= 4 is 11.6 Å². The minimum atomic E-state index is -4.61. The molecule has 124 valence electrons. The summed E-state index contributed by atoms with van der Waals surface area (Å²) in [5.74, 6) is 0. The smallest absolute Gasteiger partial charge is 0.314 e. The van der Waals surface area contributed by atoms with Crippen molar-refractivity contribution in [2.24, 2.45) is 0 Å². The van der Waals surface area contributed by atoms with E-state index in [9.17, 15) is 22.0 Å². The van der Waals surface area contributed by atoms with Crippen molar-refractivity contribution in [2.45, 2.75) is 25.1 Å². The summed E-state index contributed by atoms with van der Waals surface area (Å²) in [6, 6.07) is 2.65. The third-order valence-electron chi connectivity index (χ3n) is 3.69. The number of hydrogen-bond donors (Lipinski definition) is 1. The summed E-state index contributed by atoms with van der Waals surface area (Å²) in [6.07, 6.45) is -7.77. The molecule has 0 radical (unpaired) electrons. The molecule has 0 aliphatic carbocycles. The maximum Gasteiger partial charge on any atom is 0.417 e. The number of benzene rings is 1.